The molecule has 0 aliphatic carbocycles. The molecule has 42 heavy (non-hydrogen) atoms. The second-order valence-electron chi connectivity index (χ2n) is 13.3. The summed E-state index contributed by atoms with van der Waals surface area (Å²) in [4.78, 5) is 30.2. The fraction of sp³-hybridized carbons (Fsp3) is 0.690. The lowest BCUT2D eigenvalue weighted by atomic mass is 9.76. The minimum Gasteiger partial charge on any atom is -0.444 e. The molecule has 0 radical (unpaired) electrons. The lowest BCUT2D eigenvalue weighted by Gasteiger charge is -2.42. The predicted octanol–water partition coefficient (Wildman–Crippen LogP) is 3.78. The Hall–Kier alpha value is -2.82. The Bertz CT molecular complexity index is 1160. The highest BCUT2D eigenvalue weighted by atomic mass is 19.4. The van der Waals surface area contributed by atoms with Gasteiger partial charge >= 0.3 is 19.4 Å². The van der Waals surface area contributed by atoms with Gasteiger partial charge in [0.05, 0.1) is 24.1 Å². The number of amides is 2. The van der Waals surface area contributed by atoms with Crippen LogP contribution in [0.4, 0.5) is 18.0 Å². The maximum atomic E-state index is 13.7. The van der Waals surface area contributed by atoms with Gasteiger partial charge in [-0.15, -0.1) is 0 Å². The lowest BCUT2D eigenvalue weighted by molar-refractivity contribution is -0.143. The summed E-state index contributed by atoms with van der Waals surface area (Å²) in [6, 6.07) is 6.41. The summed E-state index contributed by atoms with van der Waals surface area (Å²) in [5.74, 6) is -1.56. The van der Waals surface area contributed by atoms with Gasteiger partial charge in [-0.25, -0.2) is 4.79 Å². The van der Waals surface area contributed by atoms with Crippen molar-refractivity contribution in [1.82, 2.24) is 15.1 Å². The van der Waals surface area contributed by atoms with Crippen LogP contribution in [0.15, 0.2) is 24.3 Å². The second kappa shape index (κ2) is 12.8. The third-order valence-electron chi connectivity index (χ3n) is 8.38. The number of ether oxygens (including phenoxy) is 1. The second-order valence-corrected chi connectivity index (χ2v) is 13.3. The monoisotopic (exact) mass is 594 g/mol. The molecule has 1 unspecified atom stereocenters. The number of carbonyl (C=O) groups is 2. The number of halogens is 3. The number of nitrogens with one attached hydrogen (secondary N) is 1. The van der Waals surface area contributed by atoms with Crippen molar-refractivity contribution in [1.29, 1.82) is 5.26 Å². The van der Waals surface area contributed by atoms with Crippen LogP contribution in [-0.4, -0.2) is 82.7 Å². The summed E-state index contributed by atoms with van der Waals surface area (Å²) >= 11 is 0. The first-order valence-electron chi connectivity index (χ1n) is 14.3. The molecule has 2 fully saturated rings. The highest BCUT2D eigenvalue weighted by Crippen LogP contribution is 2.40. The van der Waals surface area contributed by atoms with E-state index in [4.69, 9.17) is 4.74 Å². The molecule has 0 bridgehead atoms. The average molecular weight is 594 g/mol. The number of rotatable bonds is 9. The molecule has 2 amide bonds. The van der Waals surface area contributed by atoms with Crippen molar-refractivity contribution in [2.75, 3.05) is 26.2 Å². The average Bonchev–Trinajstić information content (AvgIpc) is 3.28. The van der Waals surface area contributed by atoms with Crippen LogP contribution in [0.25, 0.3) is 0 Å². The van der Waals surface area contributed by atoms with E-state index in [1.807, 2.05) is 0 Å². The quantitative estimate of drug-likeness (QED) is 0.372. The van der Waals surface area contributed by atoms with Gasteiger partial charge in [0.2, 0.25) is 5.91 Å². The highest BCUT2D eigenvalue weighted by Gasteiger charge is 2.47. The number of alkyl carbamates (subject to hydrolysis) is 1. The van der Waals surface area contributed by atoms with Gasteiger partial charge in [-0.1, -0.05) is 26.0 Å². The van der Waals surface area contributed by atoms with Gasteiger partial charge < -0.3 is 25.0 Å². The van der Waals surface area contributed by atoms with Crippen LogP contribution in [0.2, 0.25) is 0 Å². The van der Waals surface area contributed by atoms with Gasteiger partial charge in [0.15, 0.2) is 0 Å². The molecule has 0 saturated carbocycles. The van der Waals surface area contributed by atoms with Crippen LogP contribution >= 0.6 is 0 Å². The summed E-state index contributed by atoms with van der Waals surface area (Å²) in [6.45, 7) is 12.5. The molecule has 13 heteroatoms. The number of nitrogens with zero attached hydrogens (tertiary/aromatic N) is 3. The number of nitriles is 1. The number of piperidine rings is 1. The van der Waals surface area contributed by atoms with Crippen LogP contribution in [-0.2, 0) is 22.1 Å². The smallest absolute Gasteiger partial charge is 0.444 e. The SMILES string of the molecule is CC1(C)CCN(C(C)(C)CC(C)(C#N)C(=O)N2CCC[C@H](OC(=O)N[C@@H](Cc3ccc(C(F)(F)F)cc3)B(O)O)C2)C1. The molecular formula is C29H42BF3N4O5. The van der Waals surface area contributed by atoms with E-state index in [1.165, 1.54) is 12.1 Å². The van der Waals surface area contributed by atoms with Crippen LogP contribution in [0.5, 0.6) is 0 Å². The Morgan fingerprint density at radius 1 is 1.19 bits per heavy atom. The van der Waals surface area contributed by atoms with Crippen LogP contribution < -0.4 is 5.32 Å². The summed E-state index contributed by atoms with van der Waals surface area (Å²) in [7, 11) is -2.00. The summed E-state index contributed by atoms with van der Waals surface area (Å²) < 4.78 is 44.0. The number of alkyl halides is 3. The van der Waals surface area contributed by atoms with E-state index >= 15 is 0 Å². The molecule has 9 nitrogen and oxygen atoms in total. The Kier molecular flexibility index (Phi) is 10.3. The zero-order valence-electron chi connectivity index (χ0n) is 25.0. The number of hydrogen-bond donors (Lipinski definition) is 3. The van der Waals surface area contributed by atoms with Gasteiger partial charge in [-0.05, 0) is 82.5 Å². The predicted molar refractivity (Wildman–Crippen MR) is 151 cm³/mol. The van der Waals surface area contributed by atoms with Gasteiger partial charge in [0, 0.05) is 18.6 Å². The Labute approximate surface area is 246 Å². The molecular weight excluding hydrogens is 552 g/mol. The first-order valence-corrected chi connectivity index (χ1v) is 14.3. The van der Waals surface area contributed by atoms with Crippen molar-refractivity contribution >= 4 is 19.1 Å². The summed E-state index contributed by atoms with van der Waals surface area (Å²) in [6.07, 6.45) is -3.87. The molecule has 0 spiro atoms. The van der Waals surface area contributed by atoms with E-state index in [9.17, 15) is 38.1 Å². The molecule has 3 rings (SSSR count). The van der Waals surface area contributed by atoms with E-state index in [2.05, 4.69) is 44.0 Å². The Morgan fingerprint density at radius 3 is 2.36 bits per heavy atom. The van der Waals surface area contributed by atoms with Gasteiger partial charge in [-0.2, -0.15) is 18.4 Å². The van der Waals surface area contributed by atoms with E-state index in [0.717, 1.165) is 31.6 Å². The zero-order valence-corrected chi connectivity index (χ0v) is 25.0. The lowest BCUT2D eigenvalue weighted by Crippen LogP contribution is -2.54. The van der Waals surface area contributed by atoms with E-state index in [-0.39, 0.29) is 29.8 Å². The van der Waals surface area contributed by atoms with Gasteiger partial charge in [0.25, 0.3) is 0 Å². The van der Waals surface area contributed by atoms with Crippen molar-refractivity contribution < 1.29 is 37.5 Å². The molecule has 0 aromatic heterocycles. The van der Waals surface area contributed by atoms with E-state index < -0.39 is 42.4 Å². The minimum atomic E-state index is -4.50. The zero-order chi connectivity index (χ0) is 31.5. The third kappa shape index (κ3) is 8.61. The molecule has 232 valence electrons. The van der Waals surface area contributed by atoms with Crippen molar-refractivity contribution in [3.8, 4) is 6.07 Å². The molecule has 1 aromatic rings. The number of likely N-dealkylation sites (tertiary alicyclic amines) is 2. The molecule has 2 aliphatic heterocycles. The van der Waals surface area contributed by atoms with Crippen molar-refractivity contribution in [3.63, 3.8) is 0 Å². The fourth-order valence-corrected chi connectivity index (χ4v) is 5.99. The van der Waals surface area contributed by atoms with Gasteiger partial charge in [0.1, 0.15) is 11.5 Å². The standard InChI is InChI=1S/C29H42BF3N4O5/c1-26(2)12-14-37(19-26)27(3,4)17-28(5,18-34)24(38)36-13-6-7-22(16-36)42-25(39)35-23(30(40)41)15-20-8-10-21(11-9-20)29(31,32)33/h8-11,22-23,40-41H,6-7,12-17,19H2,1-5H3,(H,35,39)/t22-,23-,28?/m0/s1. The van der Waals surface area contributed by atoms with E-state index in [1.54, 1.807) is 11.8 Å². The van der Waals surface area contributed by atoms with Crippen molar-refractivity contribution in [3.05, 3.63) is 35.4 Å². The largest absolute Gasteiger partial charge is 0.475 e. The molecule has 3 N–H and O–H groups in total. The summed E-state index contributed by atoms with van der Waals surface area (Å²) in [5, 5.41) is 32.0. The maximum Gasteiger partial charge on any atom is 0.475 e. The normalized spacial score (nSPS) is 21.6. The molecule has 1 aromatic carbocycles. The molecule has 2 saturated heterocycles. The number of hydrogen-bond acceptors (Lipinski definition) is 7. The van der Waals surface area contributed by atoms with Crippen LogP contribution in [0.3, 0.4) is 0 Å². The first kappa shape index (κ1) is 33.7. The van der Waals surface area contributed by atoms with Crippen LogP contribution in [0.1, 0.15) is 71.4 Å². The number of carbonyl (C=O) groups excluding carboxylic acids is 2. The van der Waals surface area contributed by atoms with Crippen molar-refractivity contribution in [2.24, 2.45) is 10.8 Å². The fourth-order valence-electron chi connectivity index (χ4n) is 5.99. The number of benzene rings is 1. The topological polar surface area (TPSA) is 126 Å². The molecule has 3 atom stereocenters. The van der Waals surface area contributed by atoms with E-state index in [0.29, 0.717) is 31.4 Å². The third-order valence-corrected chi connectivity index (χ3v) is 8.38. The Morgan fingerprint density at radius 2 is 1.83 bits per heavy atom. The molecule has 2 aliphatic rings. The molecule has 2 heterocycles. The van der Waals surface area contributed by atoms with Crippen LogP contribution in [0, 0.1) is 22.2 Å². The first-order chi connectivity index (χ1) is 19.3. The summed E-state index contributed by atoms with van der Waals surface area (Å²) in [5.41, 5.74) is -1.98. The Balaban J connectivity index is 1.59. The minimum absolute atomic E-state index is 0.0892. The van der Waals surface area contributed by atoms with Crippen molar-refractivity contribution in [2.45, 2.75) is 90.5 Å². The highest BCUT2D eigenvalue weighted by molar-refractivity contribution is 6.43. The van der Waals surface area contributed by atoms with Gasteiger partial charge in [-0.3, -0.25) is 9.69 Å². The maximum absolute atomic E-state index is 13.7.